The van der Waals surface area contributed by atoms with Crippen LogP contribution in [0.5, 0.6) is 0 Å². The number of carboxylic acids is 1. The lowest BCUT2D eigenvalue weighted by Crippen LogP contribution is -2.57. The van der Waals surface area contributed by atoms with Gasteiger partial charge in [-0.15, -0.1) is 0 Å². The van der Waals surface area contributed by atoms with Crippen LogP contribution >= 0.6 is 0 Å². The van der Waals surface area contributed by atoms with Crippen molar-refractivity contribution in [2.75, 3.05) is 6.54 Å². The first-order valence-electron chi connectivity index (χ1n) is 12.2. The van der Waals surface area contributed by atoms with E-state index in [2.05, 4.69) is 10.6 Å². The number of nitrogens with one attached hydrogen (secondary N) is 2. The van der Waals surface area contributed by atoms with Crippen LogP contribution in [0, 0.1) is 5.92 Å². The Morgan fingerprint density at radius 2 is 1.75 bits per heavy atom. The van der Waals surface area contributed by atoms with Gasteiger partial charge < -0.3 is 32.1 Å². The molecule has 0 radical (unpaired) electrons. The minimum atomic E-state index is -1.32. The Balaban J connectivity index is 2.07. The van der Waals surface area contributed by atoms with Crippen molar-refractivity contribution in [3.8, 4) is 0 Å². The van der Waals surface area contributed by atoms with Crippen LogP contribution in [0.25, 0.3) is 0 Å². The first-order chi connectivity index (χ1) is 17.0. The number of nitrogens with two attached hydrogens (primary N) is 2. The molecule has 36 heavy (non-hydrogen) atoms. The largest absolute Gasteiger partial charge is 0.480 e. The minimum Gasteiger partial charge on any atom is -0.480 e. The highest BCUT2D eigenvalue weighted by atomic mass is 16.4. The Kier molecular flexibility index (Phi) is 10.8. The number of likely N-dealkylation sites (tertiary alicyclic amines) is 1. The van der Waals surface area contributed by atoms with Gasteiger partial charge in [-0.1, -0.05) is 44.2 Å². The van der Waals surface area contributed by atoms with Gasteiger partial charge in [0, 0.05) is 13.0 Å². The molecule has 4 unspecified atom stereocenters. The molecule has 4 atom stereocenters. The second kappa shape index (κ2) is 13.6. The molecule has 1 aliphatic rings. The van der Waals surface area contributed by atoms with Gasteiger partial charge in [-0.05, 0) is 43.6 Å². The molecule has 1 aromatic carbocycles. The summed E-state index contributed by atoms with van der Waals surface area (Å²) in [6.45, 7) is 4.11. The van der Waals surface area contributed by atoms with Crippen molar-refractivity contribution in [2.24, 2.45) is 17.4 Å². The third-order valence-electron chi connectivity index (χ3n) is 6.09. The van der Waals surface area contributed by atoms with Crippen molar-refractivity contribution in [3.63, 3.8) is 0 Å². The zero-order chi connectivity index (χ0) is 26.8. The van der Waals surface area contributed by atoms with Crippen molar-refractivity contribution >= 4 is 29.6 Å². The average Bonchev–Trinajstić information content (AvgIpc) is 3.30. The number of hydrogen-bond donors (Lipinski definition) is 5. The molecule has 0 bridgehead atoms. The summed E-state index contributed by atoms with van der Waals surface area (Å²) in [5, 5.41) is 14.5. The number of carbonyl (C=O) groups excluding carboxylic acids is 4. The first-order valence-corrected chi connectivity index (χ1v) is 12.2. The zero-order valence-corrected chi connectivity index (χ0v) is 20.8. The van der Waals surface area contributed by atoms with E-state index in [1.807, 2.05) is 44.2 Å². The molecule has 1 fully saturated rings. The topological polar surface area (TPSA) is 185 Å². The van der Waals surface area contributed by atoms with Crippen LogP contribution in [0.15, 0.2) is 30.3 Å². The van der Waals surface area contributed by atoms with Gasteiger partial charge in [0.05, 0.1) is 6.04 Å². The summed E-state index contributed by atoms with van der Waals surface area (Å²) >= 11 is 0. The maximum Gasteiger partial charge on any atom is 0.326 e. The summed E-state index contributed by atoms with van der Waals surface area (Å²) in [6, 6.07) is 5.44. The molecule has 4 amide bonds. The third-order valence-corrected chi connectivity index (χ3v) is 6.09. The normalized spacial score (nSPS) is 17.8. The van der Waals surface area contributed by atoms with Crippen LogP contribution in [0.3, 0.4) is 0 Å². The van der Waals surface area contributed by atoms with Crippen LogP contribution < -0.4 is 22.1 Å². The fraction of sp³-hybridized carbons (Fsp3) is 0.560. The summed E-state index contributed by atoms with van der Waals surface area (Å²) < 4.78 is 0. The van der Waals surface area contributed by atoms with E-state index >= 15 is 0 Å². The quantitative estimate of drug-likeness (QED) is 0.249. The van der Waals surface area contributed by atoms with E-state index in [-0.39, 0.29) is 31.1 Å². The van der Waals surface area contributed by atoms with Crippen molar-refractivity contribution in [1.29, 1.82) is 0 Å². The summed E-state index contributed by atoms with van der Waals surface area (Å²) in [6.07, 6.45) is 1.28. The monoisotopic (exact) mass is 503 g/mol. The molecular weight excluding hydrogens is 466 g/mol. The molecule has 0 spiro atoms. The molecule has 7 N–H and O–H groups in total. The Hall–Kier alpha value is -3.47. The van der Waals surface area contributed by atoms with E-state index in [0.29, 0.717) is 25.8 Å². The summed E-state index contributed by atoms with van der Waals surface area (Å²) in [5.74, 6) is -3.48. The summed E-state index contributed by atoms with van der Waals surface area (Å²) in [4.78, 5) is 63.1. The van der Waals surface area contributed by atoms with E-state index < -0.39 is 47.9 Å². The van der Waals surface area contributed by atoms with Gasteiger partial charge in [0.25, 0.3) is 0 Å². The highest BCUT2D eigenvalue weighted by Crippen LogP contribution is 2.20. The van der Waals surface area contributed by atoms with Gasteiger partial charge >= 0.3 is 5.97 Å². The van der Waals surface area contributed by atoms with E-state index in [0.717, 1.165) is 5.56 Å². The molecule has 0 saturated carbocycles. The molecule has 1 aromatic rings. The van der Waals surface area contributed by atoms with Crippen LogP contribution in [-0.4, -0.2) is 70.3 Å². The van der Waals surface area contributed by atoms with E-state index in [1.54, 1.807) is 0 Å². The number of nitrogens with zero attached hydrogens (tertiary/aromatic N) is 1. The molecule has 0 aliphatic carbocycles. The van der Waals surface area contributed by atoms with Crippen molar-refractivity contribution in [1.82, 2.24) is 15.5 Å². The standard InChI is InChI=1S/C25H37N5O6/c1-15(2)13-19(22(32)28-18(25(35)36)10-11-21(27)31)29-23(33)20-9-6-12-30(20)24(34)17(26)14-16-7-4-3-5-8-16/h3-5,7-8,15,17-20H,6,9-14,26H2,1-2H3,(H2,27,31)(H,28,32)(H,29,33)(H,35,36). The number of carboxylic acid groups (broad SMARTS) is 1. The summed E-state index contributed by atoms with van der Waals surface area (Å²) in [7, 11) is 0. The van der Waals surface area contributed by atoms with Crippen LogP contribution in [0.1, 0.15) is 51.5 Å². The Bertz CT molecular complexity index is 938. The number of rotatable bonds is 13. The van der Waals surface area contributed by atoms with Gasteiger partial charge in [0.2, 0.25) is 23.6 Å². The Morgan fingerprint density at radius 1 is 1.08 bits per heavy atom. The van der Waals surface area contributed by atoms with Crippen LogP contribution in [-0.2, 0) is 30.4 Å². The van der Waals surface area contributed by atoms with E-state index in [1.165, 1.54) is 4.90 Å². The molecule has 0 aromatic heterocycles. The number of aliphatic carboxylic acids is 1. The van der Waals surface area contributed by atoms with Gasteiger partial charge in [-0.3, -0.25) is 19.2 Å². The number of benzene rings is 1. The average molecular weight is 504 g/mol. The lowest BCUT2D eigenvalue weighted by Gasteiger charge is -2.29. The van der Waals surface area contributed by atoms with Crippen molar-refractivity contribution in [3.05, 3.63) is 35.9 Å². The van der Waals surface area contributed by atoms with E-state index in [4.69, 9.17) is 11.5 Å². The lowest BCUT2D eigenvalue weighted by molar-refractivity contribution is -0.143. The summed E-state index contributed by atoms with van der Waals surface area (Å²) in [5.41, 5.74) is 12.2. The van der Waals surface area contributed by atoms with Gasteiger partial charge in [0.1, 0.15) is 18.1 Å². The van der Waals surface area contributed by atoms with E-state index in [9.17, 15) is 29.1 Å². The van der Waals surface area contributed by atoms with Crippen LogP contribution in [0.2, 0.25) is 0 Å². The Labute approximate surface area is 211 Å². The predicted octanol–water partition coefficient (Wildman–Crippen LogP) is -0.0868. The molecule has 1 aliphatic heterocycles. The molecule has 1 saturated heterocycles. The molecule has 11 nitrogen and oxygen atoms in total. The van der Waals surface area contributed by atoms with Gasteiger partial charge in [0.15, 0.2) is 0 Å². The molecule has 2 rings (SSSR count). The maximum atomic E-state index is 13.2. The second-order valence-electron chi connectivity index (χ2n) is 9.58. The highest BCUT2D eigenvalue weighted by molar-refractivity contribution is 5.94. The SMILES string of the molecule is CC(C)CC(NC(=O)C1CCCN1C(=O)C(N)Cc1ccccc1)C(=O)NC(CCC(N)=O)C(=O)O. The minimum absolute atomic E-state index is 0.00977. The van der Waals surface area contributed by atoms with Gasteiger partial charge in [-0.2, -0.15) is 0 Å². The number of amides is 4. The third kappa shape index (κ3) is 8.63. The fourth-order valence-corrected chi connectivity index (χ4v) is 4.26. The number of primary amides is 1. The highest BCUT2D eigenvalue weighted by Gasteiger charge is 2.38. The molecule has 1 heterocycles. The van der Waals surface area contributed by atoms with Crippen LogP contribution in [0.4, 0.5) is 0 Å². The first kappa shape index (κ1) is 28.8. The second-order valence-corrected chi connectivity index (χ2v) is 9.58. The fourth-order valence-electron chi connectivity index (χ4n) is 4.26. The maximum absolute atomic E-state index is 13.2. The Morgan fingerprint density at radius 3 is 2.33 bits per heavy atom. The molecular formula is C25H37N5O6. The van der Waals surface area contributed by atoms with Crippen molar-refractivity contribution < 1.29 is 29.1 Å². The number of hydrogen-bond acceptors (Lipinski definition) is 6. The molecule has 198 valence electrons. The van der Waals surface area contributed by atoms with Crippen molar-refractivity contribution in [2.45, 2.75) is 76.5 Å². The smallest absolute Gasteiger partial charge is 0.326 e. The predicted molar refractivity (Wildman–Crippen MR) is 132 cm³/mol. The number of carbonyl (C=O) groups is 5. The lowest BCUT2D eigenvalue weighted by atomic mass is 10.0. The van der Waals surface area contributed by atoms with Gasteiger partial charge in [-0.25, -0.2) is 4.79 Å². The zero-order valence-electron chi connectivity index (χ0n) is 20.8. The molecule has 11 heteroatoms.